The van der Waals surface area contributed by atoms with E-state index >= 15 is 0 Å². The SMILES string of the molecule is CCN1CCOC(CNS(=O)(=O)c2[nH]ncc2CO)C1. The third-order valence-electron chi connectivity index (χ3n) is 3.29. The van der Waals surface area contributed by atoms with Crippen molar-refractivity contribution in [3.05, 3.63) is 11.8 Å². The third-order valence-corrected chi connectivity index (χ3v) is 4.73. The van der Waals surface area contributed by atoms with Crippen LogP contribution in [-0.4, -0.2) is 67.5 Å². The maximum absolute atomic E-state index is 12.1. The van der Waals surface area contributed by atoms with Gasteiger partial charge in [0.25, 0.3) is 10.0 Å². The lowest BCUT2D eigenvalue weighted by atomic mass is 10.3. The lowest BCUT2D eigenvalue weighted by Crippen LogP contribution is -2.47. The average molecular weight is 304 g/mol. The summed E-state index contributed by atoms with van der Waals surface area (Å²) in [6.07, 6.45) is 1.13. The molecule has 0 aliphatic carbocycles. The van der Waals surface area contributed by atoms with Crippen molar-refractivity contribution in [2.75, 3.05) is 32.8 Å². The van der Waals surface area contributed by atoms with Gasteiger partial charge in [0.2, 0.25) is 0 Å². The highest BCUT2D eigenvalue weighted by atomic mass is 32.2. The summed E-state index contributed by atoms with van der Waals surface area (Å²) in [5.41, 5.74) is 0.247. The number of morpholine rings is 1. The highest BCUT2D eigenvalue weighted by Gasteiger charge is 2.24. The van der Waals surface area contributed by atoms with Gasteiger partial charge in [-0.3, -0.25) is 10.00 Å². The number of likely N-dealkylation sites (N-methyl/N-ethyl adjacent to an activating group) is 1. The van der Waals surface area contributed by atoms with Crippen molar-refractivity contribution >= 4 is 10.0 Å². The largest absolute Gasteiger partial charge is 0.392 e. The summed E-state index contributed by atoms with van der Waals surface area (Å²) < 4.78 is 32.2. The molecule has 9 heteroatoms. The first kappa shape index (κ1) is 15.4. The van der Waals surface area contributed by atoms with E-state index in [1.54, 1.807) is 0 Å². The monoisotopic (exact) mass is 304 g/mol. The maximum Gasteiger partial charge on any atom is 0.257 e. The van der Waals surface area contributed by atoms with Gasteiger partial charge in [0, 0.05) is 25.2 Å². The van der Waals surface area contributed by atoms with Crippen LogP contribution in [0.5, 0.6) is 0 Å². The molecule has 2 heterocycles. The molecular formula is C11H20N4O4S. The van der Waals surface area contributed by atoms with Crippen LogP contribution in [0, 0.1) is 0 Å². The highest BCUT2D eigenvalue weighted by molar-refractivity contribution is 7.89. The van der Waals surface area contributed by atoms with E-state index in [4.69, 9.17) is 9.84 Å². The van der Waals surface area contributed by atoms with Crippen molar-refractivity contribution in [3.63, 3.8) is 0 Å². The van der Waals surface area contributed by atoms with E-state index in [1.165, 1.54) is 6.20 Å². The number of H-pyrrole nitrogens is 1. The topological polar surface area (TPSA) is 108 Å². The second-order valence-corrected chi connectivity index (χ2v) is 6.32. The Kier molecular flexibility index (Phi) is 5.11. The summed E-state index contributed by atoms with van der Waals surface area (Å²) >= 11 is 0. The van der Waals surface area contributed by atoms with E-state index in [0.29, 0.717) is 13.2 Å². The zero-order valence-corrected chi connectivity index (χ0v) is 12.2. The van der Waals surface area contributed by atoms with Crippen LogP contribution in [0.1, 0.15) is 12.5 Å². The van der Waals surface area contributed by atoms with Crippen molar-refractivity contribution in [2.24, 2.45) is 0 Å². The molecule has 1 unspecified atom stereocenters. The molecule has 114 valence electrons. The van der Waals surface area contributed by atoms with Gasteiger partial charge in [-0.25, -0.2) is 13.1 Å². The number of aromatic amines is 1. The minimum absolute atomic E-state index is 0.0943. The predicted molar refractivity (Wildman–Crippen MR) is 71.6 cm³/mol. The molecule has 0 bridgehead atoms. The molecule has 1 fully saturated rings. The molecule has 0 radical (unpaired) electrons. The van der Waals surface area contributed by atoms with Crippen molar-refractivity contribution in [3.8, 4) is 0 Å². The fraction of sp³-hybridized carbons (Fsp3) is 0.727. The van der Waals surface area contributed by atoms with Crippen LogP contribution in [0.15, 0.2) is 11.2 Å². The van der Waals surface area contributed by atoms with Gasteiger partial charge in [-0.05, 0) is 6.54 Å². The van der Waals surface area contributed by atoms with E-state index in [-0.39, 0.29) is 29.8 Å². The van der Waals surface area contributed by atoms with Crippen LogP contribution in [-0.2, 0) is 21.4 Å². The predicted octanol–water partition coefficient (Wildman–Crippen LogP) is -1.10. The lowest BCUT2D eigenvalue weighted by Gasteiger charge is -2.32. The summed E-state index contributed by atoms with van der Waals surface area (Å²) in [4.78, 5) is 2.21. The Labute approximate surface area is 118 Å². The van der Waals surface area contributed by atoms with E-state index in [1.807, 2.05) is 0 Å². The highest BCUT2D eigenvalue weighted by Crippen LogP contribution is 2.12. The van der Waals surface area contributed by atoms with Crippen LogP contribution in [0.4, 0.5) is 0 Å². The smallest absolute Gasteiger partial charge is 0.257 e. The van der Waals surface area contributed by atoms with Crippen molar-refractivity contribution in [1.82, 2.24) is 19.8 Å². The first-order valence-corrected chi connectivity index (χ1v) is 8.02. The molecule has 1 aliphatic heterocycles. The van der Waals surface area contributed by atoms with Gasteiger partial charge in [0.05, 0.1) is 25.5 Å². The molecule has 0 saturated carbocycles. The first-order valence-electron chi connectivity index (χ1n) is 6.53. The van der Waals surface area contributed by atoms with Crippen LogP contribution in [0.3, 0.4) is 0 Å². The van der Waals surface area contributed by atoms with Gasteiger partial charge in [-0.1, -0.05) is 6.92 Å². The molecule has 2 rings (SSSR count). The number of hydrogen-bond donors (Lipinski definition) is 3. The van der Waals surface area contributed by atoms with E-state index < -0.39 is 10.0 Å². The van der Waals surface area contributed by atoms with Gasteiger partial charge in [-0.2, -0.15) is 5.10 Å². The Bertz CT molecular complexity index is 530. The number of rotatable bonds is 6. The number of nitrogens with zero attached hydrogens (tertiary/aromatic N) is 2. The van der Waals surface area contributed by atoms with E-state index in [0.717, 1.165) is 13.1 Å². The van der Waals surface area contributed by atoms with Crippen LogP contribution < -0.4 is 4.72 Å². The molecule has 1 atom stereocenters. The summed E-state index contributed by atoms with van der Waals surface area (Å²) in [7, 11) is -3.71. The standard InChI is InChI=1S/C11H20N4O4S/c1-2-15-3-4-19-10(7-15)6-13-20(17,18)11-9(8-16)5-12-14-11/h5,10,13,16H,2-4,6-8H2,1H3,(H,12,14). The molecule has 1 aliphatic rings. The Morgan fingerprint density at radius 2 is 2.45 bits per heavy atom. The summed E-state index contributed by atoms with van der Waals surface area (Å²) in [5, 5.41) is 15.0. The average Bonchev–Trinajstić information content (AvgIpc) is 2.95. The molecule has 1 aromatic heterocycles. The third kappa shape index (κ3) is 3.55. The Morgan fingerprint density at radius 3 is 3.15 bits per heavy atom. The normalized spacial score (nSPS) is 21.2. The van der Waals surface area contributed by atoms with Gasteiger partial charge in [-0.15, -0.1) is 0 Å². The number of ether oxygens (including phenoxy) is 1. The summed E-state index contributed by atoms with van der Waals surface area (Å²) in [5.74, 6) is 0. The summed E-state index contributed by atoms with van der Waals surface area (Å²) in [6, 6.07) is 0. The van der Waals surface area contributed by atoms with Crippen molar-refractivity contribution < 1.29 is 18.3 Å². The van der Waals surface area contributed by atoms with Gasteiger partial charge >= 0.3 is 0 Å². The minimum atomic E-state index is -3.71. The number of sulfonamides is 1. The Hall–Kier alpha value is -1.00. The number of aromatic nitrogens is 2. The second-order valence-electron chi connectivity index (χ2n) is 4.62. The molecule has 8 nitrogen and oxygen atoms in total. The molecule has 1 saturated heterocycles. The molecule has 0 amide bonds. The Balaban J connectivity index is 1.96. The molecular weight excluding hydrogens is 284 g/mol. The molecule has 1 aromatic rings. The zero-order valence-electron chi connectivity index (χ0n) is 11.4. The van der Waals surface area contributed by atoms with E-state index in [9.17, 15) is 8.42 Å². The Morgan fingerprint density at radius 1 is 1.65 bits per heavy atom. The fourth-order valence-corrected chi connectivity index (χ4v) is 3.30. The van der Waals surface area contributed by atoms with E-state index in [2.05, 4.69) is 26.7 Å². The quantitative estimate of drug-likeness (QED) is 0.616. The number of aliphatic hydroxyl groups is 1. The number of aliphatic hydroxyl groups excluding tert-OH is 1. The lowest BCUT2D eigenvalue weighted by molar-refractivity contribution is -0.0229. The van der Waals surface area contributed by atoms with Gasteiger partial charge in [0.15, 0.2) is 5.03 Å². The molecule has 0 spiro atoms. The fourth-order valence-electron chi connectivity index (χ4n) is 2.11. The first-order chi connectivity index (χ1) is 9.56. The number of hydrogen-bond acceptors (Lipinski definition) is 6. The van der Waals surface area contributed by atoms with Crippen molar-refractivity contribution in [1.29, 1.82) is 0 Å². The van der Waals surface area contributed by atoms with Crippen LogP contribution in [0.2, 0.25) is 0 Å². The minimum Gasteiger partial charge on any atom is -0.392 e. The molecule has 0 aromatic carbocycles. The van der Waals surface area contributed by atoms with Crippen molar-refractivity contribution in [2.45, 2.75) is 24.7 Å². The summed E-state index contributed by atoms with van der Waals surface area (Å²) in [6.45, 7) is 4.97. The molecule has 20 heavy (non-hydrogen) atoms. The van der Waals surface area contributed by atoms with Gasteiger partial charge < -0.3 is 9.84 Å². The van der Waals surface area contributed by atoms with Crippen LogP contribution in [0.25, 0.3) is 0 Å². The van der Waals surface area contributed by atoms with Crippen LogP contribution >= 0.6 is 0 Å². The van der Waals surface area contributed by atoms with Gasteiger partial charge in [0.1, 0.15) is 0 Å². The maximum atomic E-state index is 12.1. The second kappa shape index (κ2) is 6.64. The zero-order chi connectivity index (χ0) is 14.6. The molecule has 3 N–H and O–H groups in total. The number of nitrogens with one attached hydrogen (secondary N) is 2.